The van der Waals surface area contributed by atoms with E-state index in [1.807, 2.05) is 25.1 Å². The Balaban J connectivity index is 1.76. The molecule has 1 aromatic heterocycles. The average molecular weight is 316 g/mol. The number of imidazole rings is 1. The predicted molar refractivity (Wildman–Crippen MR) is 94.0 cm³/mol. The molecule has 3 rings (SSSR count). The second-order valence-corrected chi connectivity index (χ2v) is 6.61. The van der Waals surface area contributed by atoms with Crippen LogP contribution in [0.3, 0.4) is 0 Å². The largest absolute Gasteiger partial charge is 0.494 e. The predicted octanol–water partition coefficient (Wildman–Crippen LogP) is 3.05. The monoisotopic (exact) mass is 316 g/mol. The number of likely N-dealkylation sites (tertiary alicyclic amines) is 1. The van der Waals surface area contributed by atoms with Crippen LogP contribution in [0, 0.1) is 0 Å². The number of piperidine rings is 1. The number of aromatic nitrogens is 2. The van der Waals surface area contributed by atoms with Crippen LogP contribution in [0.2, 0.25) is 0 Å². The van der Waals surface area contributed by atoms with Crippen molar-refractivity contribution in [1.82, 2.24) is 19.8 Å². The number of rotatable bonds is 5. The zero-order valence-corrected chi connectivity index (χ0v) is 14.7. The normalized spacial score (nSPS) is 18.7. The van der Waals surface area contributed by atoms with Gasteiger partial charge in [-0.25, -0.2) is 4.98 Å². The number of H-pyrrole nitrogens is 1. The van der Waals surface area contributed by atoms with Gasteiger partial charge in [-0.15, -0.1) is 0 Å². The molecule has 2 heterocycles. The van der Waals surface area contributed by atoms with Crippen molar-refractivity contribution in [2.75, 3.05) is 33.8 Å². The molecular formula is C18H28N4O. The lowest BCUT2D eigenvalue weighted by Gasteiger charge is -2.37. The van der Waals surface area contributed by atoms with Gasteiger partial charge in [0.2, 0.25) is 0 Å². The van der Waals surface area contributed by atoms with E-state index in [0.29, 0.717) is 12.6 Å². The topological polar surface area (TPSA) is 44.4 Å². The fourth-order valence-corrected chi connectivity index (χ4v) is 3.37. The van der Waals surface area contributed by atoms with E-state index >= 15 is 0 Å². The number of nitrogens with one attached hydrogen (secondary N) is 1. The number of nitrogens with zero attached hydrogens (tertiary/aromatic N) is 3. The summed E-state index contributed by atoms with van der Waals surface area (Å²) in [6.07, 6.45) is 2.46. The first-order chi connectivity index (χ1) is 11.1. The first kappa shape index (κ1) is 16.3. The van der Waals surface area contributed by atoms with Crippen LogP contribution in [0.1, 0.15) is 38.6 Å². The second kappa shape index (κ2) is 6.89. The summed E-state index contributed by atoms with van der Waals surface area (Å²) >= 11 is 0. The van der Waals surface area contributed by atoms with E-state index in [0.717, 1.165) is 22.6 Å². The molecule has 126 valence electrons. The Bertz CT molecular complexity index is 646. The minimum absolute atomic E-state index is 0.284. The Kier molecular flexibility index (Phi) is 4.87. The summed E-state index contributed by atoms with van der Waals surface area (Å²) in [6, 6.07) is 6.97. The Hall–Kier alpha value is -1.59. The lowest BCUT2D eigenvalue weighted by molar-refractivity contribution is 0.111. The van der Waals surface area contributed by atoms with Gasteiger partial charge in [-0.05, 0) is 66.0 Å². The summed E-state index contributed by atoms with van der Waals surface area (Å²) in [5.74, 6) is 1.93. The molecule has 0 saturated carbocycles. The number of hydrogen-bond acceptors (Lipinski definition) is 4. The summed E-state index contributed by atoms with van der Waals surface area (Å²) in [5, 5.41) is 0. The molecule has 1 unspecified atom stereocenters. The summed E-state index contributed by atoms with van der Waals surface area (Å²) in [6.45, 7) is 7.28. The Morgan fingerprint density at radius 3 is 2.83 bits per heavy atom. The summed E-state index contributed by atoms with van der Waals surface area (Å²) < 4.78 is 5.57. The van der Waals surface area contributed by atoms with Crippen LogP contribution in [0.15, 0.2) is 18.2 Å². The Morgan fingerprint density at radius 2 is 2.13 bits per heavy atom. The number of benzene rings is 1. The first-order valence-electron chi connectivity index (χ1n) is 8.61. The quantitative estimate of drug-likeness (QED) is 0.921. The number of aromatic amines is 1. The van der Waals surface area contributed by atoms with Crippen molar-refractivity contribution in [1.29, 1.82) is 0 Å². The fraction of sp³-hybridized carbons (Fsp3) is 0.611. The number of ether oxygens (including phenoxy) is 1. The van der Waals surface area contributed by atoms with Crippen molar-refractivity contribution >= 4 is 11.0 Å². The van der Waals surface area contributed by atoms with Crippen LogP contribution in [0.5, 0.6) is 5.75 Å². The highest BCUT2D eigenvalue weighted by atomic mass is 16.5. The van der Waals surface area contributed by atoms with Gasteiger partial charge < -0.3 is 14.6 Å². The van der Waals surface area contributed by atoms with Crippen LogP contribution in [0.4, 0.5) is 0 Å². The highest BCUT2D eigenvalue weighted by Crippen LogP contribution is 2.26. The SMILES string of the molecule is CCOc1ccc2nc(C(C)N(C)C3CCN(C)CC3)[nH]c2c1. The van der Waals surface area contributed by atoms with Gasteiger partial charge in [0, 0.05) is 12.1 Å². The third-order valence-electron chi connectivity index (χ3n) is 5.05. The van der Waals surface area contributed by atoms with Crippen LogP contribution >= 0.6 is 0 Å². The third kappa shape index (κ3) is 3.51. The zero-order valence-electron chi connectivity index (χ0n) is 14.7. The van der Waals surface area contributed by atoms with Crippen LogP contribution in [0.25, 0.3) is 11.0 Å². The molecule has 0 bridgehead atoms. The van der Waals surface area contributed by atoms with Crippen molar-refractivity contribution in [3.8, 4) is 5.75 Å². The smallest absolute Gasteiger partial charge is 0.124 e. The Morgan fingerprint density at radius 1 is 1.39 bits per heavy atom. The van der Waals surface area contributed by atoms with Crippen LogP contribution in [-0.2, 0) is 0 Å². The van der Waals surface area contributed by atoms with E-state index in [2.05, 4.69) is 35.8 Å². The maximum absolute atomic E-state index is 5.57. The average Bonchev–Trinajstić information content (AvgIpc) is 2.98. The van der Waals surface area contributed by atoms with Crippen LogP contribution in [-0.4, -0.2) is 59.6 Å². The zero-order chi connectivity index (χ0) is 16.4. The minimum atomic E-state index is 0.284. The summed E-state index contributed by atoms with van der Waals surface area (Å²) in [5.41, 5.74) is 2.06. The van der Waals surface area contributed by atoms with E-state index in [9.17, 15) is 0 Å². The fourth-order valence-electron chi connectivity index (χ4n) is 3.37. The summed E-state index contributed by atoms with van der Waals surface area (Å²) in [4.78, 5) is 13.1. The molecule has 1 saturated heterocycles. The van der Waals surface area contributed by atoms with E-state index in [1.54, 1.807) is 0 Å². The lowest BCUT2D eigenvalue weighted by atomic mass is 10.0. The highest BCUT2D eigenvalue weighted by molar-refractivity contribution is 5.76. The molecule has 1 fully saturated rings. The van der Waals surface area contributed by atoms with Gasteiger partial charge in [0.1, 0.15) is 11.6 Å². The van der Waals surface area contributed by atoms with Crippen molar-refractivity contribution in [2.45, 2.75) is 38.8 Å². The molecule has 0 spiro atoms. The maximum atomic E-state index is 5.57. The standard InChI is InChI=1S/C18H28N4O/c1-5-23-15-6-7-16-17(12-15)20-18(19-16)13(2)22(4)14-8-10-21(3)11-9-14/h6-7,12-14H,5,8-11H2,1-4H3,(H,19,20). The molecule has 1 N–H and O–H groups in total. The number of hydrogen-bond donors (Lipinski definition) is 1. The first-order valence-corrected chi connectivity index (χ1v) is 8.61. The van der Waals surface area contributed by atoms with Crippen molar-refractivity contribution < 1.29 is 4.74 Å². The van der Waals surface area contributed by atoms with Crippen molar-refractivity contribution in [3.63, 3.8) is 0 Å². The molecule has 5 nitrogen and oxygen atoms in total. The van der Waals surface area contributed by atoms with Crippen LogP contribution < -0.4 is 4.74 Å². The lowest BCUT2D eigenvalue weighted by Crippen LogP contribution is -2.43. The molecule has 1 aliphatic rings. The molecule has 0 aliphatic carbocycles. The molecule has 2 aromatic rings. The van der Waals surface area contributed by atoms with Crippen molar-refractivity contribution in [3.05, 3.63) is 24.0 Å². The van der Waals surface area contributed by atoms with E-state index in [-0.39, 0.29) is 6.04 Å². The minimum Gasteiger partial charge on any atom is -0.494 e. The van der Waals surface area contributed by atoms with Gasteiger partial charge in [-0.3, -0.25) is 4.90 Å². The van der Waals surface area contributed by atoms with Gasteiger partial charge in [-0.1, -0.05) is 0 Å². The second-order valence-electron chi connectivity index (χ2n) is 6.61. The van der Waals surface area contributed by atoms with E-state index in [1.165, 1.54) is 25.9 Å². The molecule has 5 heteroatoms. The molecule has 1 aromatic carbocycles. The molecule has 1 atom stereocenters. The van der Waals surface area contributed by atoms with E-state index < -0.39 is 0 Å². The van der Waals surface area contributed by atoms with Gasteiger partial charge >= 0.3 is 0 Å². The van der Waals surface area contributed by atoms with E-state index in [4.69, 9.17) is 9.72 Å². The van der Waals surface area contributed by atoms with Gasteiger partial charge in [-0.2, -0.15) is 0 Å². The molecule has 1 aliphatic heterocycles. The maximum Gasteiger partial charge on any atom is 0.124 e. The third-order valence-corrected chi connectivity index (χ3v) is 5.05. The van der Waals surface area contributed by atoms with Gasteiger partial charge in [0.15, 0.2) is 0 Å². The molecular weight excluding hydrogens is 288 g/mol. The van der Waals surface area contributed by atoms with Gasteiger partial charge in [0.05, 0.1) is 23.7 Å². The Labute approximate surface area is 138 Å². The van der Waals surface area contributed by atoms with Gasteiger partial charge in [0.25, 0.3) is 0 Å². The molecule has 23 heavy (non-hydrogen) atoms. The highest BCUT2D eigenvalue weighted by Gasteiger charge is 2.26. The number of fused-ring (bicyclic) bond motifs is 1. The molecule has 0 amide bonds. The van der Waals surface area contributed by atoms with Crippen molar-refractivity contribution in [2.24, 2.45) is 0 Å². The molecule has 0 radical (unpaired) electrons. The summed E-state index contributed by atoms with van der Waals surface area (Å²) in [7, 11) is 4.42.